The predicted molar refractivity (Wildman–Crippen MR) is 82.0 cm³/mol. The molecule has 0 radical (unpaired) electrons. The standard InChI is InChI=1S/C12H10BrN3OS2/c1-17-11-2-7(14-3-8(11)13)4-19-12-15-9-5-18-6-10(9)16-12/h2-3,5-6H,4H2,1H3,(H,15,16). The van der Waals surface area contributed by atoms with E-state index in [-0.39, 0.29) is 0 Å². The van der Waals surface area contributed by atoms with E-state index in [1.54, 1.807) is 36.4 Å². The first-order valence-corrected chi connectivity index (χ1v) is 8.21. The fraction of sp³-hybridized carbons (Fsp3) is 0.167. The van der Waals surface area contributed by atoms with Crippen LogP contribution in [0.2, 0.25) is 0 Å². The van der Waals surface area contributed by atoms with Crippen molar-refractivity contribution in [2.45, 2.75) is 10.9 Å². The van der Waals surface area contributed by atoms with Gasteiger partial charge in [0.2, 0.25) is 0 Å². The third-order valence-corrected chi connectivity index (χ3v) is 4.79. The van der Waals surface area contributed by atoms with E-state index in [1.807, 2.05) is 11.4 Å². The second kappa shape index (κ2) is 5.52. The number of hydrogen-bond acceptors (Lipinski definition) is 5. The van der Waals surface area contributed by atoms with Crippen molar-refractivity contribution in [2.24, 2.45) is 0 Å². The summed E-state index contributed by atoms with van der Waals surface area (Å²) in [7, 11) is 1.65. The lowest BCUT2D eigenvalue weighted by molar-refractivity contribution is 0.411. The molecule has 3 rings (SSSR count). The molecular weight excluding hydrogens is 346 g/mol. The normalized spacial score (nSPS) is 11.1. The van der Waals surface area contributed by atoms with Gasteiger partial charge in [-0.1, -0.05) is 11.8 Å². The largest absolute Gasteiger partial charge is 0.495 e. The van der Waals surface area contributed by atoms with E-state index in [2.05, 4.69) is 36.3 Å². The highest BCUT2D eigenvalue weighted by Gasteiger charge is 2.07. The van der Waals surface area contributed by atoms with E-state index in [4.69, 9.17) is 4.74 Å². The first kappa shape index (κ1) is 13.0. The van der Waals surface area contributed by atoms with Gasteiger partial charge in [0.15, 0.2) is 5.16 Å². The number of rotatable bonds is 4. The summed E-state index contributed by atoms with van der Waals surface area (Å²) < 4.78 is 6.12. The molecule has 0 saturated heterocycles. The second-order valence-electron chi connectivity index (χ2n) is 3.81. The molecule has 0 saturated carbocycles. The SMILES string of the molecule is COc1cc(CSc2nc3cscc3[nH]2)ncc1Br. The number of aromatic amines is 1. The number of fused-ring (bicyclic) bond motifs is 1. The number of thiophene rings is 1. The molecule has 4 nitrogen and oxygen atoms in total. The number of methoxy groups -OCH3 is 1. The van der Waals surface area contributed by atoms with Crippen molar-refractivity contribution < 1.29 is 4.74 Å². The molecule has 0 aliphatic carbocycles. The fourth-order valence-electron chi connectivity index (χ4n) is 1.63. The van der Waals surface area contributed by atoms with Gasteiger partial charge in [0.05, 0.1) is 22.8 Å². The number of imidazole rings is 1. The Hall–Kier alpha value is -1.05. The van der Waals surface area contributed by atoms with Crippen molar-refractivity contribution in [3.8, 4) is 5.75 Å². The molecule has 0 aliphatic heterocycles. The summed E-state index contributed by atoms with van der Waals surface area (Å²) in [5.74, 6) is 1.55. The Labute approximate surface area is 126 Å². The summed E-state index contributed by atoms with van der Waals surface area (Å²) in [6, 6.07) is 1.93. The number of thioether (sulfide) groups is 1. The first-order valence-electron chi connectivity index (χ1n) is 5.49. The van der Waals surface area contributed by atoms with Crippen molar-refractivity contribution in [3.63, 3.8) is 0 Å². The van der Waals surface area contributed by atoms with Crippen molar-refractivity contribution in [1.82, 2.24) is 15.0 Å². The van der Waals surface area contributed by atoms with Crippen LogP contribution in [0, 0.1) is 0 Å². The number of aromatic nitrogens is 3. The number of halogens is 1. The van der Waals surface area contributed by atoms with Crippen LogP contribution in [-0.4, -0.2) is 22.1 Å². The summed E-state index contributed by atoms with van der Waals surface area (Å²) >= 11 is 6.68. The van der Waals surface area contributed by atoms with Crippen LogP contribution in [0.1, 0.15) is 5.69 Å². The monoisotopic (exact) mass is 355 g/mol. The van der Waals surface area contributed by atoms with Gasteiger partial charge < -0.3 is 9.72 Å². The smallest absolute Gasteiger partial charge is 0.166 e. The summed E-state index contributed by atoms with van der Waals surface area (Å²) in [6.07, 6.45) is 1.76. The van der Waals surface area contributed by atoms with Crippen LogP contribution in [0.5, 0.6) is 5.75 Å². The third-order valence-electron chi connectivity index (χ3n) is 2.56. The number of ether oxygens (including phenoxy) is 1. The van der Waals surface area contributed by atoms with E-state index in [0.29, 0.717) is 0 Å². The number of nitrogens with zero attached hydrogens (tertiary/aromatic N) is 2. The van der Waals surface area contributed by atoms with E-state index in [1.165, 1.54) is 0 Å². The van der Waals surface area contributed by atoms with Crippen LogP contribution in [0.3, 0.4) is 0 Å². The van der Waals surface area contributed by atoms with Gasteiger partial charge in [-0.05, 0) is 15.9 Å². The average molecular weight is 356 g/mol. The van der Waals surface area contributed by atoms with Gasteiger partial charge in [-0.3, -0.25) is 4.98 Å². The second-order valence-corrected chi connectivity index (χ2v) is 6.37. The Morgan fingerprint density at radius 2 is 2.37 bits per heavy atom. The molecule has 3 aromatic heterocycles. The van der Waals surface area contributed by atoms with Gasteiger partial charge in [-0.25, -0.2) is 4.98 Å². The Balaban J connectivity index is 1.73. The Kier molecular flexibility index (Phi) is 3.76. The third kappa shape index (κ3) is 2.77. The Morgan fingerprint density at radius 3 is 3.16 bits per heavy atom. The van der Waals surface area contributed by atoms with Gasteiger partial charge in [0.1, 0.15) is 11.3 Å². The number of pyridine rings is 1. The molecule has 98 valence electrons. The quantitative estimate of drug-likeness (QED) is 0.716. The first-order chi connectivity index (χ1) is 9.26. The van der Waals surface area contributed by atoms with Crippen LogP contribution >= 0.6 is 39.0 Å². The predicted octanol–water partition coefficient (Wildman–Crippen LogP) is 4.08. The van der Waals surface area contributed by atoms with E-state index < -0.39 is 0 Å². The zero-order chi connectivity index (χ0) is 13.2. The molecule has 7 heteroatoms. The van der Waals surface area contributed by atoms with E-state index >= 15 is 0 Å². The highest BCUT2D eigenvalue weighted by Crippen LogP contribution is 2.28. The average Bonchev–Trinajstić information content (AvgIpc) is 2.98. The van der Waals surface area contributed by atoms with Crippen molar-refractivity contribution in [3.05, 3.63) is 33.2 Å². The number of nitrogens with one attached hydrogen (secondary N) is 1. The summed E-state index contributed by atoms with van der Waals surface area (Å²) in [5.41, 5.74) is 3.08. The summed E-state index contributed by atoms with van der Waals surface area (Å²) in [5, 5.41) is 5.02. The summed E-state index contributed by atoms with van der Waals surface area (Å²) in [4.78, 5) is 12.1. The zero-order valence-electron chi connectivity index (χ0n) is 10.0. The van der Waals surface area contributed by atoms with E-state index in [9.17, 15) is 0 Å². The molecular formula is C12H10BrN3OS2. The van der Waals surface area contributed by atoms with Crippen LogP contribution < -0.4 is 4.74 Å². The van der Waals surface area contributed by atoms with Crippen LogP contribution in [0.4, 0.5) is 0 Å². The minimum atomic E-state index is 0.753. The maximum atomic E-state index is 5.26. The Morgan fingerprint density at radius 1 is 1.47 bits per heavy atom. The summed E-state index contributed by atoms with van der Waals surface area (Å²) in [6.45, 7) is 0. The minimum Gasteiger partial charge on any atom is -0.495 e. The lowest BCUT2D eigenvalue weighted by Gasteiger charge is -2.04. The fourth-order valence-corrected chi connectivity index (χ4v) is 3.49. The molecule has 0 spiro atoms. The van der Waals surface area contributed by atoms with Gasteiger partial charge in [-0.15, -0.1) is 11.3 Å². The lowest BCUT2D eigenvalue weighted by Crippen LogP contribution is -1.91. The van der Waals surface area contributed by atoms with Crippen molar-refractivity contribution in [2.75, 3.05) is 7.11 Å². The molecule has 1 N–H and O–H groups in total. The highest BCUT2D eigenvalue weighted by molar-refractivity contribution is 9.10. The van der Waals surface area contributed by atoms with Gasteiger partial charge in [0, 0.05) is 28.8 Å². The maximum Gasteiger partial charge on any atom is 0.166 e. The molecule has 0 aromatic carbocycles. The van der Waals surface area contributed by atoms with Gasteiger partial charge in [0.25, 0.3) is 0 Å². The molecule has 3 heterocycles. The maximum absolute atomic E-state index is 5.26. The van der Waals surface area contributed by atoms with Crippen LogP contribution in [0.25, 0.3) is 11.0 Å². The van der Waals surface area contributed by atoms with Crippen LogP contribution in [-0.2, 0) is 5.75 Å². The molecule has 0 atom stereocenters. The van der Waals surface area contributed by atoms with Crippen LogP contribution in [0.15, 0.2) is 32.7 Å². The Bertz CT molecular complexity index is 681. The van der Waals surface area contributed by atoms with Gasteiger partial charge in [-0.2, -0.15) is 0 Å². The molecule has 0 unspecified atom stereocenters. The number of hydrogen-bond donors (Lipinski definition) is 1. The zero-order valence-corrected chi connectivity index (χ0v) is 13.2. The molecule has 0 fully saturated rings. The van der Waals surface area contributed by atoms with Crippen molar-refractivity contribution >= 4 is 50.1 Å². The lowest BCUT2D eigenvalue weighted by atomic mass is 10.3. The molecule has 0 bridgehead atoms. The minimum absolute atomic E-state index is 0.753. The van der Waals surface area contributed by atoms with Gasteiger partial charge >= 0.3 is 0 Å². The number of H-pyrrole nitrogens is 1. The van der Waals surface area contributed by atoms with Crippen molar-refractivity contribution in [1.29, 1.82) is 0 Å². The molecule has 0 aliphatic rings. The molecule has 0 amide bonds. The molecule has 3 aromatic rings. The highest BCUT2D eigenvalue weighted by atomic mass is 79.9. The topological polar surface area (TPSA) is 50.8 Å². The van der Waals surface area contributed by atoms with E-state index in [0.717, 1.165) is 37.9 Å². The molecule has 19 heavy (non-hydrogen) atoms.